The Morgan fingerprint density at radius 3 is 2.68 bits per heavy atom. The van der Waals surface area contributed by atoms with E-state index in [1.54, 1.807) is 13.8 Å². The zero-order valence-corrected chi connectivity index (χ0v) is 20.0. The van der Waals surface area contributed by atoms with E-state index in [0.717, 1.165) is 11.9 Å². The second kappa shape index (κ2) is 9.99. The fraction of sp³-hybridized carbons (Fsp3) is 0.583. The molecule has 0 spiro atoms. The van der Waals surface area contributed by atoms with Crippen LogP contribution in [0.15, 0.2) is 10.7 Å². The van der Waals surface area contributed by atoms with E-state index < -0.39 is 5.60 Å². The third-order valence-electron chi connectivity index (χ3n) is 6.20. The first-order chi connectivity index (χ1) is 16.3. The van der Waals surface area contributed by atoms with Crippen molar-refractivity contribution in [3.63, 3.8) is 0 Å². The monoisotopic (exact) mass is 467 g/mol. The summed E-state index contributed by atoms with van der Waals surface area (Å²) >= 11 is 0. The van der Waals surface area contributed by atoms with Crippen LogP contribution in [0.4, 0.5) is 5.82 Å². The lowest BCUT2D eigenvalue weighted by Gasteiger charge is -2.27. The first-order valence-electron chi connectivity index (χ1n) is 11.9. The van der Waals surface area contributed by atoms with Gasteiger partial charge in [0.15, 0.2) is 17.3 Å². The van der Waals surface area contributed by atoms with Gasteiger partial charge in [0.2, 0.25) is 5.88 Å². The summed E-state index contributed by atoms with van der Waals surface area (Å²) in [5.74, 6) is 7.41. The van der Waals surface area contributed by atoms with Gasteiger partial charge in [0.05, 0.1) is 12.1 Å². The van der Waals surface area contributed by atoms with E-state index in [0.29, 0.717) is 47.7 Å². The predicted octanol–water partition coefficient (Wildman–Crippen LogP) is 2.88. The highest BCUT2D eigenvalue weighted by Crippen LogP contribution is 2.30. The van der Waals surface area contributed by atoms with E-state index in [1.807, 2.05) is 17.6 Å². The molecule has 1 unspecified atom stereocenters. The van der Waals surface area contributed by atoms with Crippen molar-refractivity contribution in [2.45, 2.75) is 77.5 Å². The summed E-state index contributed by atoms with van der Waals surface area (Å²) < 4.78 is 12.7. The molecule has 5 N–H and O–H groups in total. The van der Waals surface area contributed by atoms with E-state index in [1.165, 1.54) is 32.1 Å². The lowest BCUT2D eigenvalue weighted by Crippen LogP contribution is -2.33. The van der Waals surface area contributed by atoms with E-state index in [9.17, 15) is 5.11 Å². The Bertz CT molecular complexity index is 1190. The number of ether oxygens (including phenoxy) is 1. The molecule has 0 aromatic carbocycles. The van der Waals surface area contributed by atoms with Crippen LogP contribution in [-0.4, -0.2) is 48.2 Å². The first kappa shape index (κ1) is 24.0. The molecule has 3 aromatic rings. The second-order valence-corrected chi connectivity index (χ2v) is 9.36. The molecule has 1 aliphatic carbocycles. The number of nitrogen functional groups attached to an aromatic ring is 1. The number of nitrogens with zero attached hydrogens (tertiary/aromatic N) is 5. The quantitative estimate of drug-likeness (QED) is 0.445. The number of imidazole rings is 1. The molecule has 0 radical (unpaired) electrons. The minimum absolute atomic E-state index is 0.119. The SMILES string of the molecule is CCn1c(-c2nonc2N)nc2c(C#CC(C)(C)O)nc(OCCC(N)C3CCCCC3)cc21. The van der Waals surface area contributed by atoms with Crippen LogP contribution in [0.2, 0.25) is 0 Å². The largest absolute Gasteiger partial charge is 0.478 e. The van der Waals surface area contributed by atoms with Crippen LogP contribution in [0.3, 0.4) is 0 Å². The van der Waals surface area contributed by atoms with Gasteiger partial charge in [-0.1, -0.05) is 25.2 Å². The van der Waals surface area contributed by atoms with Crippen LogP contribution in [0.5, 0.6) is 5.88 Å². The van der Waals surface area contributed by atoms with Crippen molar-refractivity contribution in [2.75, 3.05) is 12.3 Å². The number of aryl methyl sites for hydroxylation is 1. The van der Waals surface area contributed by atoms with E-state index in [2.05, 4.69) is 27.1 Å². The minimum atomic E-state index is -1.19. The molecule has 3 aromatic heterocycles. The van der Waals surface area contributed by atoms with Crippen LogP contribution >= 0.6 is 0 Å². The van der Waals surface area contributed by atoms with Gasteiger partial charge >= 0.3 is 0 Å². The van der Waals surface area contributed by atoms with Gasteiger partial charge in [-0.25, -0.2) is 14.6 Å². The maximum absolute atomic E-state index is 10.1. The molecule has 4 rings (SSSR count). The summed E-state index contributed by atoms with van der Waals surface area (Å²) in [5.41, 5.74) is 13.3. The van der Waals surface area contributed by atoms with E-state index in [4.69, 9.17) is 25.8 Å². The summed E-state index contributed by atoms with van der Waals surface area (Å²) in [7, 11) is 0. The lowest BCUT2D eigenvalue weighted by atomic mass is 9.83. The highest BCUT2D eigenvalue weighted by Gasteiger charge is 2.23. The fourth-order valence-corrected chi connectivity index (χ4v) is 4.42. The van der Waals surface area contributed by atoms with Crippen LogP contribution in [0, 0.1) is 17.8 Å². The summed E-state index contributed by atoms with van der Waals surface area (Å²) in [4.78, 5) is 9.29. The second-order valence-electron chi connectivity index (χ2n) is 9.36. The van der Waals surface area contributed by atoms with Gasteiger partial charge in [-0.2, -0.15) is 0 Å². The Kier molecular flexibility index (Phi) is 7.05. The van der Waals surface area contributed by atoms with Gasteiger partial charge in [0.25, 0.3) is 0 Å². The number of anilines is 1. The summed E-state index contributed by atoms with van der Waals surface area (Å²) in [6, 6.07) is 1.95. The van der Waals surface area contributed by atoms with Gasteiger partial charge in [-0.3, -0.25) is 0 Å². The van der Waals surface area contributed by atoms with Crippen LogP contribution in [-0.2, 0) is 6.54 Å². The number of hydrogen-bond acceptors (Lipinski definition) is 9. The summed E-state index contributed by atoms with van der Waals surface area (Å²) in [5, 5.41) is 17.7. The molecular formula is C24H33N7O3. The maximum Gasteiger partial charge on any atom is 0.216 e. The molecule has 182 valence electrons. The van der Waals surface area contributed by atoms with Gasteiger partial charge in [0.1, 0.15) is 16.8 Å². The van der Waals surface area contributed by atoms with Gasteiger partial charge < -0.3 is 25.9 Å². The Morgan fingerprint density at radius 2 is 2.03 bits per heavy atom. The topological polar surface area (TPSA) is 151 Å². The van der Waals surface area contributed by atoms with Crippen LogP contribution in [0.25, 0.3) is 22.6 Å². The van der Waals surface area contributed by atoms with Crippen molar-refractivity contribution >= 4 is 16.9 Å². The molecule has 10 nitrogen and oxygen atoms in total. The van der Waals surface area contributed by atoms with E-state index in [-0.39, 0.29) is 11.9 Å². The molecule has 34 heavy (non-hydrogen) atoms. The highest BCUT2D eigenvalue weighted by atomic mass is 16.6. The smallest absolute Gasteiger partial charge is 0.216 e. The van der Waals surface area contributed by atoms with Gasteiger partial charge in [0, 0.05) is 18.7 Å². The average Bonchev–Trinajstić information content (AvgIpc) is 3.40. The average molecular weight is 468 g/mol. The Morgan fingerprint density at radius 1 is 1.26 bits per heavy atom. The highest BCUT2D eigenvalue weighted by molar-refractivity contribution is 5.86. The number of pyridine rings is 1. The van der Waals surface area contributed by atoms with Crippen molar-refractivity contribution in [1.29, 1.82) is 0 Å². The predicted molar refractivity (Wildman–Crippen MR) is 129 cm³/mol. The number of fused-ring (bicyclic) bond motifs is 1. The molecule has 1 saturated carbocycles. The maximum atomic E-state index is 10.1. The number of aromatic nitrogens is 5. The molecule has 0 bridgehead atoms. The summed E-state index contributed by atoms with van der Waals surface area (Å²) in [6.45, 7) is 6.26. The molecule has 0 saturated heterocycles. The van der Waals surface area contributed by atoms with Crippen molar-refractivity contribution in [3.8, 4) is 29.2 Å². The van der Waals surface area contributed by atoms with Gasteiger partial charge in [-0.05, 0) is 62.2 Å². The van der Waals surface area contributed by atoms with Gasteiger partial charge in [-0.15, -0.1) is 0 Å². The molecule has 3 heterocycles. The number of aliphatic hydroxyl groups is 1. The molecule has 1 atom stereocenters. The van der Waals surface area contributed by atoms with E-state index >= 15 is 0 Å². The fourth-order valence-electron chi connectivity index (χ4n) is 4.42. The van der Waals surface area contributed by atoms with Crippen molar-refractivity contribution in [3.05, 3.63) is 11.8 Å². The molecule has 0 amide bonds. The zero-order chi connectivity index (χ0) is 24.3. The Hall–Kier alpha value is -3.16. The molecular weight excluding hydrogens is 434 g/mol. The van der Waals surface area contributed by atoms with Crippen LogP contribution < -0.4 is 16.2 Å². The molecule has 10 heteroatoms. The zero-order valence-electron chi connectivity index (χ0n) is 20.0. The molecule has 1 aliphatic rings. The third kappa shape index (κ3) is 5.32. The molecule has 0 aliphatic heterocycles. The molecule has 1 fully saturated rings. The Labute approximate surface area is 199 Å². The normalized spacial score (nSPS) is 15.8. The number of nitrogens with two attached hydrogens (primary N) is 2. The van der Waals surface area contributed by atoms with Crippen molar-refractivity contribution in [2.24, 2.45) is 11.7 Å². The van der Waals surface area contributed by atoms with Crippen LogP contribution in [0.1, 0.15) is 65.0 Å². The number of hydrogen-bond donors (Lipinski definition) is 3. The lowest BCUT2D eigenvalue weighted by molar-refractivity contribution is 0.143. The summed E-state index contributed by atoms with van der Waals surface area (Å²) in [6.07, 6.45) is 6.97. The standard InChI is InChI=1S/C24H33N7O3/c1-4-31-18-14-19(33-13-11-16(25)15-8-6-5-7-9-15)27-17(10-12-24(2,3)32)20(18)28-23(31)21-22(26)30-34-29-21/h14-16,32H,4-9,11,13,25H2,1-3H3,(H2,26,30). The Balaban J connectivity index is 1.66. The van der Waals surface area contributed by atoms with Crippen molar-refractivity contribution < 1.29 is 14.5 Å². The minimum Gasteiger partial charge on any atom is -0.478 e. The van der Waals surface area contributed by atoms with Crippen molar-refractivity contribution in [1.82, 2.24) is 24.8 Å². The number of rotatable bonds is 7. The first-order valence-corrected chi connectivity index (χ1v) is 11.9. The third-order valence-corrected chi connectivity index (χ3v) is 6.20.